The summed E-state index contributed by atoms with van der Waals surface area (Å²) in [5.41, 5.74) is 0. The average Bonchev–Trinajstić information content (AvgIpc) is 2.13. The van der Waals surface area contributed by atoms with E-state index in [-0.39, 0.29) is 6.42 Å². The maximum atomic E-state index is 10.2. The molecule has 54 valence electrons. The van der Waals surface area contributed by atoms with Crippen molar-refractivity contribution in [3.63, 3.8) is 0 Å². The molecule has 4 heteroatoms. The van der Waals surface area contributed by atoms with Gasteiger partial charge in [-0.15, -0.1) is 24.0 Å². The van der Waals surface area contributed by atoms with Gasteiger partial charge in [0, 0.05) is 4.88 Å². The van der Waals surface area contributed by atoms with Crippen LogP contribution in [0.25, 0.3) is 0 Å². The highest BCUT2D eigenvalue weighted by Crippen LogP contribution is 2.19. The summed E-state index contributed by atoms with van der Waals surface area (Å²) in [4.78, 5) is 11.0. The highest BCUT2D eigenvalue weighted by atomic mass is 32.2. The van der Waals surface area contributed by atoms with E-state index >= 15 is 0 Å². The molecule has 1 aromatic rings. The number of thiophene rings is 1. The molecule has 0 amide bonds. The topological polar surface area (TPSA) is 37.3 Å². The van der Waals surface area contributed by atoms with Crippen molar-refractivity contribution >= 4 is 29.9 Å². The highest BCUT2D eigenvalue weighted by Gasteiger charge is 2.01. The zero-order valence-electron chi connectivity index (χ0n) is 5.07. The van der Waals surface area contributed by atoms with Gasteiger partial charge in [0.05, 0.1) is 10.6 Å². The lowest BCUT2D eigenvalue weighted by atomic mass is 10.3. The van der Waals surface area contributed by atoms with Crippen molar-refractivity contribution in [1.29, 1.82) is 0 Å². The normalized spacial score (nSPS) is 9.70. The Morgan fingerprint density at radius 1 is 1.70 bits per heavy atom. The van der Waals surface area contributed by atoms with E-state index < -0.39 is 5.97 Å². The fourth-order valence-electron chi connectivity index (χ4n) is 0.611. The van der Waals surface area contributed by atoms with E-state index in [1.165, 1.54) is 11.3 Å². The summed E-state index contributed by atoms with van der Waals surface area (Å²) in [5.74, 6) is -0.796. The summed E-state index contributed by atoms with van der Waals surface area (Å²) in [6.07, 6.45) is 0.102. The molecule has 0 atom stereocenters. The lowest BCUT2D eigenvalue weighted by molar-refractivity contribution is -0.136. The third-order valence-electron chi connectivity index (χ3n) is 0.973. The van der Waals surface area contributed by atoms with Gasteiger partial charge in [-0.25, -0.2) is 0 Å². The van der Waals surface area contributed by atoms with Crippen LogP contribution >= 0.6 is 24.0 Å². The van der Waals surface area contributed by atoms with Crippen molar-refractivity contribution in [2.75, 3.05) is 0 Å². The minimum absolute atomic E-state index is 0.102. The standard InChI is InChI=1S/C6H6O2S2/c7-5(8)3-4-1-2-6(9)10-4/h1-2,9H,3H2,(H,7,8). The van der Waals surface area contributed by atoms with Crippen molar-refractivity contribution in [1.82, 2.24) is 0 Å². The Kier molecular flexibility index (Phi) is 2.34. The van der Waals surface area contributed by atoms with E-state index in [0.717, 1.165) is 9.09 Å². The number of hydrogen-bond acceptors (Lipinski definition) is 3. The van der Waals surface area contributed by atoms with Crippen molar-refractivity contribution in [3.8, 4) is 0 Å². The van der Waals surface area contributed by atoms with Crippen molar-refractivity contribution in [2.45, 2.75) is 10.6 Å². The first-order valence-electron chi connectivity index (χ1n) is 2.68. The van der Waals surface area contributed by atoms with Gasteiger partial charge in [-0.1, -0.05) is 0 Å². The van der Waals surface area contributed by atoms with Gasteiger partial charge in [-0.05, 0) is 12.1 Å². The minimum atomic E-state index is -0.796. The molecule has 0 saturated carbocycles. The monoisotopic (exact) mass is 174 g/mol. The van der Waals surface area contributed by atoms with E-state index in [1.807, 2.05) is 0 Å². The van der Waals surface area contributed by atoms with E-state index in [4.69, 9.17) is 5.11 Å². The second kappa shape index (κ2) is 3.07. The number of aliphatic carboxylic acids is 1. The van der Waals surface area contributed by atoms with Crippen LogP contribution in [-0.2, 0) is 11.2 Å². The van der Waals surface area contributed by atoms with Gasteiger partial charge in [-0.3, -0.25) is 4.79 Å². The zero-order chi connectivity index (χ0) is 7.56. The molecule has 0 aliphatic carbocycles. The molecule has 0 radical (unpaired) electrons. The third-order valence-corrected chi connectivity index (χ3v) is 2.28. The van der Waals surface area contributed by atoms with Gasteiger partial charge in [0.2, 0.25) is 0 Å². The first-order valence-corrected chi connectivity index (χ1v) is 3.94. The van der Waals surface area contributed by atoms with Crippen LogP contribution < -0.4 is 0 Å². The predicted octanol–water partition coefficient (Wildman–Crippen LogP) is 1.66. The van der Waals surface area contributed by atoms with Crippen molar-refractivity contribution in [2.24, 2.45) is 0 Å². The first-order chi connectivity index (χ1) is 4.68. The first kappa shape index (κ1) is 7.63. The summed E-state index contributed by atoms with van der Waals surface area (Å²) in [5, 5.41) is 8.36. The summed E-state index contributed by atoms with van der Waals surface area (Å²) in [6, 6.07) is 3.58. The fraction of sp³-hybridized carbons (Fsp3) is 0.167. The fourth-order valence-corrected chi connectivity index (χ4v) is 1.77. The van der Waals surface area contributed by atoms with Crippen LogP contribution in [0.5, 0.6) is 0 Å². The molecular formula is C6H6O2S2. The second-order valence-electron chi connectivity index (χ2n) is 1.81. The Balaban J connectivity index is 2.67. The number of thiol groups is 1. The Morgan fingerprint density at radius 3 is 2.80 bits per heavy atom. The predicted molar refractivity (Wildman–Crippen MR) is 42.9 cm³/mol. The number of rotatable bonds is 2. The Labute approximate surface area is 67.9 Å². The molecule has 1 heterocycles. The van der Waals surface area contributed by atoms with E-state index in [2.05, 4.69) is 12.6 Å². The maximum Gasteiger partial charge on any atom is 0.308 e. The van der Waals surface area contributed by atoms with Crippen LogP contribution in [-0.4, -0.2) is 11.1 Å². The van der Waals surface area contributed by atoms with Crippen LogP contribution in [0.3, 0.4) is 0 Å². The lowest BCUT2D eigenvalue weighted by Gasteiger charge is -1.85. The van der Waals surface area contributed by atoms with Crippen LogP contribution in [0, 0.1) is 0 Å². The molecule has 0 unspecified atom stereocenters. The Hall–Kier alpha value is -0.480. The van der Waals surface area contributed by atoms with Gasteiger partial charge < -0.3 is 5.11 Å². The molecule has 1 N–H and O–H groups in total. The molecule has 2 nitrogen and oxygen atoms in total. The molecule has 0 aliphatic heterocycles. The number of carboxylic acids is 1. The minimum Gasteiger partial charge on any atom is -0.481 e. The van der Waals surface area contributed by atoms with E-state index in [9.17, 15) is 4.79 Å². The molecule has 0 aliphatic rings. The number of hydrogen-bond donors (Lipinski definition) is 2. The van der Waals surface area contributed by atoms with Gasteiger partial charge in [-0.2, -0.15) is 0 Å². The molecular weight excluding hydrogens is 168 g/mol. The molecule has 0 fully saturated rings. The quantitative estimate of drug-likeness (QED) is 0.669. The molecule has 1 aromatic heterocycles. The van der Waals surface area contributed by atoms with E-state index in [0.29, 0.717) is 0 Å². The second-order valence-corrected chi connectivity index (χ2v) is 3.76. The van der Waals surface area contributed by atoms with Crippen molar-refractivity contribution < 1.29 is 9.90 Å². The maximum absolute atomic E-state index is 10.2. The van der Waals surface area contributed by atoms with Crippen LogP contribution in [0.1, 0.15) is 4.88 Å². The molecule has 10 heavy (non-hydrogen) atoms. The van der Waals surface area contributed by atoms with Gasteiger partial charge in [0.25, 0.3) is 0 Å². The SMILES string of the molecule is O=C(O)Cc1ccc(S)s1. The number of carboxylic acid groups (broad SMARTS) is 1. The smallest absolute Gasteiger partial charge is 0.308 e. The van der Waals surface area contributed by atoms with Gasteiger partial charge in [0.1, 0.15) is 0 Å². The van der Waals surface area contributed by atoms with Crippen LogP contribution in [0.2, 0.25) is 0 Å². The molecule has 0 saturated heterocycles. The molecule has 0 aromatic carbocycles. The molecule has 0 spiro atoms. The third kappa shape index (κ3) is 2.04. The average molecular weight is 174 g/mol. The van der Waals surface area contributed by atoms with E-state index in [1.54, 1.807) is 12.1 Å². The zero-order valence-corrected chi connectivity index (χ0v) is 6.78. The summed E-state index contributed by atoms with van der Waals surface area (Å²) >= 11 is 5.45. The Morgan fingerprint density at radius 2 is 2.40 bits per heavy atom. The summed E-state index contributed by atoms with van der Waals surface area (Å²) < 4.78 is 0.858. The number of carbonyl (C=O) groups is 1. The van der Waals surface area contributed by atoms with Gasteiger partial charge >= 0.3 is 5.97 Å². The Bertz CT molecular complexity index is 242. The van der Waals surface area contributed by atoms with Gasteiger partial charge in [0.15, 0.2) is 0 Å². The molecule has 0 bridgehead atoms. The molecule has 1 rings (SSSR count). The summed E-state index contributed by atoms with van der Waals surface area (Å²) in [7, 11) is 0. The largest absolute Gasteiger partial charge is 0.481 e. The highest BCUT2D eigenvalue weighted by molar-refractivity contribution is 7.82. The van der Waals surface area contributed by atoms with Crippen molar-refractivity contribution in [3.05, 3.63) is 17.0 Å². The lowest BCUT2D eigenvalue weighted by Crippen LogP contribution is -1.96. The van der Waals surface area contributed by atoms with Crippen LogP contribution in [0.15, 0.2) is 16.3 Å². The van der Waals surface area contributed by atoms with Crippen LogP contribution in [0.4, 0.5) is 0 Å². The summed E-state index contributed by atoms with van der Waals surface area (Å²) in [6.45, 7) is 0.